The summed E-state index contributed by atoms with van der Waals surface area (Å²) < 4.78 is 56.7. The van der Waals surface area contributed by atoms with E-state index in [1.54, 1.807) is 19.2 Å². The molecule has 1 aliphatic rings. The number of likely N-dealkylation sites (tertiary alicyclic amines) is 1. The Labute approximate surface area is 144 Å². The summed E-state index contributed by atoms with van der Waals surface area (Å²) in [7, 11) is 1.51. The number of carbonyl (C=O) groups is 1. The number of rotatable bonds is 3. The van der Waals surface area contributed by atoms with Gasteiger partial charge in [-0.05, 0) is 18.4 Å². The van der Waals surface area contributed by atoms with Crippen molar-refractivity contribution in [3.8, 4) is 6.07 Å². The summed E-state index contributed by atoms with van der Waals surface area (Å²) in [5, 5.41) is 9.51. The summed E-state index contributed by atoms with van der Waals surface area (Å²) in [6.07, 6.45) is -2.10. The van der Waals surface area contributed by atoms with Crippen molar-refractivity contribution in [2.75, 3.05) is 24.9 Å². The molecule has 3 rings (SSSR count). The minimum Gasteiger partial charge on any atom is -0.354 e. The molecular formula is C16H20N6O. The molecule has 0 radical (unpaired) electrons. The van der Waals surface area contributed by atoms with Gasteiger partial charge in [0, 0.05) is 29.0 Å². The molecule has 3 heterocycles. The third kappa shape index (κ3) is 2.84. The number of hydrogen-bond donors (Lipinski definition) is 1. The van der Waals surface area contributed by atoms with Crippen LogP contribution in [0.4, 0.5) is 5.82 Å². The molecule has 0 aromatic carbocycles. The number of nitrogens with one attached hydrogen (secondary N) is 1. The van der Waals surface area contributed by atoms with Crippen molar-refractivity contribution in [1.82, 2.24) is 19.9 Å². The molecule has 0 bridgehead atoms. The molecule has 0 saturated carbocycles. The number of amides is 1. The van der Waals surface area contributed by atoms with Crippen LogP contribution in [-0.4, -0.2) is 51.8 Å². The molecule has 2 atom stereocenters. The number of fused-ring (bicyclic) bond motifs is 1. The van der Waals surface area contributed by atoms with Crippen LogP contribution in [0, 0.1) is 17.2 Å². The van der Waals surface area contributed by atoms with Gasteiger partial charge in [0.15, 0.2) is 0 Å². The molecule has 7 nitrogen and oxygen atoms in total. The number of H-pyrrole nitrogens is 1. The van der Waals surface area contributed by atoms with E-state index in [-0.39, 0.29) is 23.4 Å². The molecule has 1 N–H and O–H groups in total. The van der Waals surface area contributed by atoms with Gasteiger partial charge >= 0.3 is 0 Å². The monoisotopic (exact) mass is 319 g/mol. The largest absolute Gasteiger partial charge is 0.354 e. The molecule has 7 heteroatoms. The highest BCUT2D eigenvalue weighted by molar-refractivity contribution is 5.87. The molecule has 1 aliphatic heterocycles. The smallest absolute Gasteiger partial charge is 0.236 e. The standard InChI is InChI=1S/C16H20N6O/c1-11-5-8-22(14(23)3-6-17)9-13(11)21(2)16-12-4-7-18-15(12)19-10-20-16/h4,7,10-11,13H,3,5,8-9H2,1-2H3,(H,18,19,20)/t11-,13+/m1/s1/i3D2,8D2,9D2,10D. The van der Waals surface area contributed by atoms with E-state index in [0.29, 0.717) is 11.0 Å². The van der Waals surface area contributed by atoms with Crippen LogP contribution in [0.25, 0.3) is 11.0 Å². The van der Waals surface area contributed by atoms with Crippen LogP contribution in [0.5, 0.6) is 0 Å². The van der Waals surface area contributed by atoms with Crippen molar-refractivity contribution in [1.29, 1.82) is 5.26 Å². The van der Waals surface area contributed by atoms with E-state index in [0.717, 1.165) is 0 Å². The zero-order valence-electron chi connectivity index (χ0n) is 19.7. The minimum absolute atomic E-state index is 0.196. The van der Waals surface area contributed by atoms with E-state index < -0.39 is 37.2 Å². The first-order valence-electron chi connectivity index (χ1n) is 10.5. The average Bonchev–Trinajstić information content (AvgIpc) is 3.06. The highest BCUT2D eigenvalue weighted by atomic mass is 16.2. The van der Waals surface area contributed by atoms with Crippen LogP contribution in [0.3, 0.4) is 0 Å². The highest BCUT2D eigenvalue weighted by Crippen LogP contribution is 2.28. The van der Waals surface area contributed by atoms with Gasteiger partial charge in [0.05, 0.1) is 23.0 Å². The number of likely N-dealkylation sites (N-methyl/N-ethyl adjacent to an activating group) is 1. The molecule has 23 heavy (non-hydrogen) atoms. The summed E-state index contributed by atoms with van der Waals surface area (Å²) in [5.74, 6) is -2.00. The van der Waals surface area contributed by atoms with E-state index in [1.807, 2.05) is 0 Å². The number of aromatic amines is 1. The topological polar surface area (TPSA) is 88.9 Å². The third-order valence-electron chi connectivity index (χ3n) is 3.77. The van der Waals surface area contributed by atoms with E-state index in [4.69, 9.17) is 14.9 Å². The van der Waals surface area contributed by atoms with E-state index in [2.05, 4.69) is 15.0 Å². The Kier molecular flexibility index (Phi) is 2.41. The van der Waals surface area contributed by atoms with Crippen LogP contribution >= 0.6 is 0 Å². The van der Waals surface area contributed by atoms with Crippen LogP contribution in [0.15, 0.2) is 18.6 Å². The molecule has 0 aliphatic carbocycles. The number of nitrogens with zero attached hydrogens (tertiary/aromatic N) is 5. The van der Waals surface area contributed by atoms with Crippen molar-refractivity contribution in [2.45, 2.75) is 25.8 Å². The summed E-state index contributed by atoms with van der Waals surface area (Å²) in [4.78, 5) is 25.2. The molecule has 0 spiro atoms. The van der Waals surface area contributed by atoms with Crippen molar-refractivity contribution in [3.05, 3.63) is 18.6 Å². The van der Waals surface area contributed by atoms with Gasteiger partial charge < -0.3 is 14.8 Å². The van der Waals surface area contributed by atoms with Gasteiger partial charge in [-0.2, -0.15) is 5.26 Å². The third-order valence-corrected chi connectivity index (χ3v) is 3.77. The van der Waals surface area contributed by atoms with Gasteiger partial charge in [-0.15, -0.1) is 0 Å². The normalized spacial score (nSPS) is 30.7. The highest BCUT2D eigenvalue weighted by Gasteiger charge is 2.32. The van der Waals surface area contributed by atoms with Crippen LogP contribution in [0.1, 0.15) is 29.3 Å². The predicted octanol–water partition coefficient (Wildman–Crippen LogP) is 1.54. The lowest BCUT2D eigenvalue weighted by Gasteiger charge is -2.42. The second kappa shape index (κ2) is 6.24. The maximum Gasteiger partial charge on any atom is 0.236 e. The Bertz CT molecular complexity index is 1030. The lowest BCUT2D eigenvalue weighted by molar-refractivity contribution is -0.131. The molecule has 2 aromatic heterocycles. The van der Waals surface area contributed by atoms with Gasteiger partial charge in [-0.25, -0.2) is 9.97 Å². The van der Waals surface area contributed by atoms with Crippen LogP contribution in [0.2, 0.25) is 0 Å². The zero-order chi connectivity index (χ0) is 22.6. The quantitative estimate of drug-likeness (QED) is 0.927. The maximum atomic E-state index is 12.7. The Morgan fingerprint density at radius 1 is 1.74 bits per heavy atom. The number of nitriles is 1. The van der Waals surface area contributed by atoms with E-state index in [1.165, 1.54) is 18.0 Å². The summed E-state index contributed by atoms with van der Waals surface area (Å²) >= 11 is 0. The van der Waals surface area contributed by atoms with Gasteiger partial charge in [0.2, 0.25) is 5.91 Å². The number of piperidine rings is 1. The Morgan fingerprint density at radius 2 is 2.57 bits per heavy atom. The number of carbonyl (C=O) groups excluding carboxylic acids is 1. The van der Waals surface area contributed by atoms with Crippen molar-refractivity contribution >= 4 is 22.8 Å². The van der Waals surface area contributed by atoms with Crippen LogP contribution < -0.4 is 4.90 Å². The first kappa shape index (κ1) is 8.87. The fourth-order valence-electron chi connectivity index (χ4n) is 2.57. The lowest BCUT2D eigenvalue weighted by Crippen LogP contribution is -2.52. The molecular weight excluding hydrogens is 292 g/mol. The summed E-state index contributed by atoms with van der Waals surface area (Å²) in [5.41, 5.74) is 0.366. The van der Waals surface area contributed by atoms with Gasteiger partial charge in [0.25, 0.3) is 0 Å². The van der Waals surface area contributed by atoms with Crippen molar-refractivity contribution < 1.29 is 14.4 Å². The first-order valence-corrected chi connectivity index (χ1v) is 7.04. The van der Waals surface area contributed by atoms with Gasteiger partial charge in [-0.1, -0.05) is 6.92 Å². The predicted molar refractivity (Wildman–Crippen MR) is 86.7 cm³/mol. The van der Waals surface area contributed by atoms with Crippen molar-refractivity contribution in [2.24, 2.45) is 5.92 Å². The van der Waals surface area contributed by atoms with Crippen molar-refractivity contribution in [3.63, 3.8) is 0 Å². The fourth-order valence-corrected chi connectivity index (χ4v) is 2.57. The Morgan fingerprint density at radius 3 is 3.35 bits per heavy atom. The van der Waals surface area contributed by atoms with Gasteiger partial charge in [-0.3, -0.25) is 4.79 Å². The number of aromatic nitrogens is 3. The Balaban J connectivity index is 2.13. The molecule has 1 amide bonds. The number of anilines is 1. The zero-order valence-corrected chi connectivity index (χ0v) is 12.7. The molecule has 120 valence electrons. The molecule has 0 unspecified atom stereocenters. The molecule has 2 aromatic rings. The van der Waals surface area contributed by atoms with Crippen LogP contribution in [-0.2, 0) is 4.79 Å². The Hall–Kier alpha value is -2.62. The second-order valence-corrected chi connectivity index (χ2v) is 5.29. The summed E-state index contributed by atoms with van der Waals surface area (Å²) in [6, 6.07) is 1.68. The minimum atomic E-state index is -3.10. The number of hydrogen-bond acceptors (Lipinski definition) is 5. The maximum absolute atomic E-state index is 12.7. The second-order valence-electron chi connectivity index (χ2n) is 5.29. The SMILES string of the molecule is [2H]c1nc(N(C)[C@@H]2[C@H](C)CC([2H])([2H])N(C(=O)C([2H])([2H])C#N)C2([2H])[2H])c2cc[nH]c2n1. The average molecular weight is 319 g/mol. The van der Waals surface area contributed by atoms with E-state index in [9.17, 15) is 4.79 Å². The summed E-state index contributed by atoms with van der Waals surface area (Å²) in [6.45, 7) is -3.60. The fraction of sp³-hybridized carbons (Fsp3) is 0.500. The first-order chi connectivity index (χ1) is 13.7. The molecule has 1 fully saturated rings. The lowest BCUT2D eigenvalue weighted by atomic mass is 9.92. The van der Waals surface area contributed by atoms with E-state index >= 15 is 0 Å². The molecule has 1 saturated heterocycles. The van der Waals surface area contributed by atoms with Gasteiger partial charge in [0.1, 0.15) is 25.5 Å².